The van der Waals surface area contributed by atoms with Crippen molar-refractivity contribution in [3.05, 3.63) is 32.1 Å². The Morgan fingerprint density at radius 3 is 2.71 bits per heavy atom. The molecule has 8 nitrogen and oxygen atoms in total. The van der Waals surface area contributed by atoms with E-state index in [0.29, 0.717) is 5.69 Å². The molecular weight excluding hydrogens is 298 g/mol. The van der Waals surface area contributed by atoms with Gasteiger partial charge in [-0.2, -0.15) is 5.10 Å². The molecular formula is C12H13N3O5S. The number of rotatable bonds is 5. The lowest BCUT2D eigenvalue weighted by Gasteiger charge is -2.02. The van der Waals surface area contributed by atoms with Gasteiger partial charge in [0.1, 0.15) is 16.3 Å². The molecule has 0 amide bonds. The third-order valence-corrected chi connectivity index (χ3v) is 3.62. The van der Waals surface area contributed by atoms with E-state index < -0.39 is 10.9 Å². The van der Waals surface area contributed by atoms with Crippen LogP contribution in [0, 0.1) is 10.1 Å². The molecule has 0 bridgehead atoms. The molecule has 112 valence electrons. The fraction of sp³-hybridized carbons (Fsp3) is 0.333. The molecule has 0 saturated carbocycles. The molecule has 0 fully saturated rings. The molecule has 0 aromatic carbocycles. The average molecular weight is 311 g/mol. The van der Waals surface area contributed by atoms with E-state index in [1.54, 1.807) is 20.9 Å². The van der Waals surface area contributed by atoms with Crippen LogP contribution >= 0.6 is 11.3 Å². The van der Waals surface area contributed by atoms with E-state index in [1.807, 2.05) is 0 Å². The topological polar surface area (TPSA) is 107 Å². The summed E-state index contributed by atoms with van der Waals surface area (Å²) in [6, 6.07) is 1.32. The maximum Gasteiger partial charge on any atom is 0.354 e. The quantitative estimate of drug-likeness (QED) is 0.671. The van der Waals surface area contributed by atoms with Crippen LogP contribution in [0.2, 0.25) is 0 Å². The summed E-state index contributed by atoms with van der Waals surface area (Å²) in [5, 5.41) is 25.7. The fourth-order valence-electron chi connectivity index (χ4n) is 1.79. The minimum atomic E-state index is -1.07. The van der Waals surface area contributed by atoms with Crippen LogP contribution in [0.25, 0.3) is 0 Å². The zero-order valence-electron chi connectivity index (χ0n) is 11.6. The van der Waals surface area contributed by atoms with E-state index in [4.69, 9.17) is 9.84 Å². The van der Waals surface area contributed by atoms with E-state index in [-0.39, 0.29) is 28.1 Å². The van der Waals surface area contributed by atoms with E-state index in [2.05, 4.69) is 5.10 Å². The predicted octanol–water partition coefficient (Wildman–Crippen LogP) is 3.00. The standard InChI is InChI=1S/C12H13N3O5S/c1-6(2)9-10(15(18)19)11(14(3)13-9)20-7-4-8(12(16)17)21-5-7/h4-6H,1-3H3,(H,16,17). The summed E-state index contributed by atoms with van der Waals surface area (Å²) in [6.45, 7) is 3.60. The summed E-state index contributed by atoms with van der Waals surface area (Å²) in [5.41, 5.74) is 0.127. The SMILES string of the molecule is CC(C)c1nn(C)c(Oc2csc(C(=O)O)c2)c1[N+](=O)[O-]. The molecule has 9 heteroatoms. The smallest absolute Gasteiger partial charge is 0.354 e. The zero-order valence-corrected chi connectivity index (χ0v) is 12.4. The summed E-state index contributed by atoms with van der Waals surface area (Å²) >= 11 is 0.986. The molecule has 0 radical (unpaired) electrons. The number of carbonyl (C=O) groups is 1. The normalized spacial score (nSPS) is 10.9. The van der Waals surface area contributed by atoms with Gasteiger partial charge in [-0.05, 0) is 0 Å². The van der Waals surface area contributed by atoms with Gasteiger partial charge < -0.3 is 9.84 Å². The molecule has 21 heavy (non-hydrogen) atoms. The van der Waals surface area contributed by atoms with Crippen molar-refractivity contribution < 1.29 is 19.6 Å². The molecule has 0 aliphatic rings. The minimum Gasteiger partial charge on any atom is -0.477 e. The molecule has 2 rings (SSSR count). The Morgan fingerprint density at radius 2 is 2.24 bits per heavy atom. The van der Waals surface area contributed by atoms with Crippen LogP contribution in [-0.4, -0.2) is 25.8 Å². The first kappa shape index (κ1) is 15.0. The van der Waals surface area contributed by atoms with Crippen LogP contribution in [-0.2, 0) is 7.05 Å². The van der Waals surface area contributed by atoms with Gasteiger partial charge in [-0.1, -0.05) is 13.8 Å². The lowest BCUT2D eigenvalue weighted by molar-refractivity contribution is -0.386. The Balaban J connectivity index is 2.43. The summed E-state index contributed by atoms with van der Waals surface area (Å²) in [4.78, 5) is 21.6. The van der Waals surface area contributed by atoms with Gasteiger partial charge in [0.05, 0.1) is 4.92 Å². The van der Waals surface area contributed by atoms with Gasteiger partial charge >= 0.3 is 11.7 Å². The van der Waals surface area contributed by atoms with Gasteiger partial charge in [0.2, 0.25) is 0 Å². The van der Waals surface area contributed by atoms with Crippen LogP contribution in [0.5, 0.6) is 11.6 Å². The van der Waals surface area contributed by atoms with Gasteiger partial charge in [0, 0.05) is 24.4 Å². The zero-order chi connectivity index (χ0) is 15.7. The molecule has 0 aliphatic carbocycles. The van der Waals surface area contributed by atoms with Crippen molar-refractivity contribution in [2.75, 3.05) is 0 Å². The molecule has 0 aliphatic heterocycles. The van der Waals surface area contributed by atoms with Crippen molar-refractivity contribution in [1.29, 1.82) is 0 Å². The van der Waals surface area contributed by atoms with Gasteiger partial charge in [0.25, 0.3) is 5.88 Å². The number of thiophene rings is 1. The second kappa shape index (κ2) is 5.52. The molecule has 2 aromatic heterocycles. The number of hydrogen-bond acceptors (Lipinski definition) is 6. The van der Waals surface area contributed by atoms with Crippen LogP contribution in [0.15, 0.2) is 11.4 Å². The monoisotopic (exact) mass is 311 g/mol. The second-order valence-electron chi connectivity index (χ2n) is 4.63. The highest BCUT2D eigenvalue weighted by Gasteiger charge is 2.30. The number of carboxylic acid groups (broad SMARTS) is 1. The number of nitro groups is 1. The van der Waals surface area contributed by atoms with E-state index in [0.717, 1.165) is 11.3 Å². The van der Waals surface area contributed by atoms with Crippen LogP contribution in [0.1, 0.15) is 35.1 Å². The van der Waals surface area contributed by atoms with E-state index in [9.17, 15) is 14.9 Å². The number of aromatic carboxylic acids is 1. The summed E-state index contributed by atoms with van der Waals surface area (Å²) in [6.07, 6.45) is 0. The predicted molar refractivity (Wildman–Crippen MR) is 75.3 cm³/mol. The van der Waals surface area contributed by atoms with E-state index in [1.165, 1.54) is 16.1 Å². The lowest BCUT2D eigenvalue weighted by Crippen LogP contribution is -1.97. The van der Waals surface area contributed by atoms with Gasteiger partial charge in [0.15, 0.2) is 0 Å². The molecule has 2 aromatic rings. The fourth-order valence-corrected chi connectivity index (χ4v) is 2.43. The Morgan fingerprint density at radius 1 is 1.57 bits per heavy atom. The van der Waals surface area contributed by atoms with Gasteiger partial charge in [-0.25, -0.2) is 9.48 Å². The summed E-state index contributed by atoms with van der Waals surface area (Å²) in [5.74, 6) is -0.986. The van der Waals surface area contributed by atoms with Crippen LogP contribution < -0.4 is 4.74 Å². The average Bonchev–Trinajstić information content (AvgIpc) is 2.96. The van der Waals surface area contributed by atoms with Crippen molar-refractivity contribution in [3.8, 4) is 11.6 Å². The first-order valence-electron chi connectivity index (χ1n) is 6.02. The molecule has 2 heterocycles. The Hall–Kier alpha value is -2.42. The maximum atomic E-state index is 11.2. The number of carboxylic acids is 1. The van der Waals surface area contributed by atoms with Crippen molar-refractivity contribution in [1.82, 2.24) is 9.78 Å². The summed E-state index contributed by atoms with van der Waals surface area (Å²) in [7, 11) is 1.54. The molecule has 0 spiro atoms. The number of nitrogens with zero attached hydrogens (tertiary/aromatic N) is 3. The third-order valence-electron chi connectivity index (χ3n) is 2.73. The van der Waals surface area contributed by atoms with Gasteiger partial charge in [-0.3, -0.25) is 10.1 Å². The minimum absolute atomic E-state index is 0.0153. The Bertz CT molecular complexity index is 704. The largest absolute Gasteiger partial charge is 0.477 e. The van der Waals surface area contributed by atoms with Crippen molar-refractivity contribution >= 4 is 23.0 Å². The van der Waals surface area contributed by atoms with Crippen molar-refractivity contribution in [2.24, 2.45) is 7.05 Å². The Labute approximate surface area is 123 Å². The van der Waals surface area contributed by atoms with Crippen molar-refractivity contribution in [3.63, 3.8) is 0 Å². The number of aromatic nitrogens is 2. The molecule has 0 saturated heterocycles. The summed E-state index contributed by atoms with van der Waals surface area (Å²) < 4.78 is 6.75. The second-order valence-corrected chi connectivity index (χ2v) is 5.54. The van der Waals surface area contributed by atoms with Crippen LogP contribution in [0.4, 0.5) is 5.69 Å². The number of hydrogen-bond donors (Lipinski definition) is 1. The number of ether oxygens (including phenoxy) is 1. The third kappa shape index (κ3) is 2.87. The van der Waals surface area contributed by atoms with Crippen molar-refractivity contribution in [2.45, 2.75) is 19.8 Å². The maximum absolute atomic E-state index is 11.2. The molecule has 1 N–H and O–H groups in total. The van der Waals surface area contributed by atoms with Crippen LogP contribution in [0.3, 0.4) is 0 Å². The molecule has 0 unspecified atom stereocenters. The Kier molecular flexibility index (Phi) is 3.94. The first-order chi connectivity index (χ1) is 9.81. The highest BCUT2D eigenvalue weighted by molar-refractivity contribution is 7.12. The first-order valence-corrected chi connectivity index (χ1v) is 6.90. The van der Waals surface area contributed by atoms with Gasteiger partial charge in [-0.15, -0.1) is 11.3 Å². The molecule has 0 atom stereocenters. The number of aryl methyl sites for hydroxylation is 1. The lowest BCUT2D eigenvalue weighted by atomic mass is 10.1. The van der Waals surface area contributed by atoms with E-state index >= 15 is 0 Å². The highest BCUT2D eigenvalue weighted by atomic mass is 32.1. The highest BCUT2D eigenvalue weighted by Crippen LogP contribution is 2.38.